The smallest absolute Gasteiger partial charge is 0.233 e. The Kier molecular flexibility index (Phi) is 6.04. The molecule has 0 amide bonds. The lowest BCUT2D eigenvalue weighted by atomic mass is 9.77. The monoisotopic (exact) mass is 450 g/mol. The zero-order valence-electron chi connectivity index (χ0n) is 17.8. The highest BCUT2D eigenvalue weighted by Crippen LogP contribution is 2.49. The highest BCUT2D eigenvalue weighted by atomic mass is 16.3. The summed E-state index contributed by atoms with van der Waals surface area (Å²) in [7, 11) is 0. The predicted octanol–water partition coefficient (Wildman–Crippen LogP) is 3.71. The van der Waals surface area contributed by atoms with E-state index in [4.69, 9.17) is 0 Å². The molecule has 170 valence electrons. The van der Waals surface area contributed by atoms with Gasteiger partial charge in [-0.3, -0.25) is 9.59 Å². The maximum absolute atomic E-state index is 11.2. The van der Waals surface area contributed by atoms with E-state index in [9.17, 15) is 40.2 Å². The van der Waals surface area contributed by atoms with Crippen molar-refractivity contribution in [3.63, 3.8) is 0 Å². The van der Waals surface area contributed by atoms with Gasteiger partial charge in [0.15, 0.2) is 23.0 Å². The topological polar surface area (TPSA) is 156 Å². The molecular formula is C25H22O8. The van der Waals surface area contributed by atoms with E-state index in [0.29, 0.717) is 5.56 Å². The number of hydrogen-bond acceptors (Lipinski definition) is 8. The number of phenols is 6. The third-order valence-corrected chi connectivity index (χ3v) is 5.45. The first-order chi connectivity index (χ1) is 15.5. The van der Waals surface area contributed by atoms with Crippen molar-refractivity contribution >= 4 is 17.6 Å². The molecule has 1 aliphatic rings. The average molecular weight is 450 g/mol. The summed E-state index contributed by atoms with van der Waals surface area (Å²) in [6, 6.07) is 12.3. The molecule has 3 aromatic carbocycles. The molecule has 0 heterocycles. The van der Waals surface area contributed by atoms with Crippen LogP contribution in [0.4, 0.5) is 0 Å². The lowest BCUT2D eigenvalue weighted by molar-refractivity contribution is -0.110. The minimum absolute atomic E-state index is 0.234. The molecule has 8 nitrogen and oxygen atoms in total. The fourth-order valence-electron chi connectivity index (χ4n) is 3.51. The number of benzene rings is 3. The molecule has 33 heavy (non-hydrogen) atoms. The number of ketones is 2. The van der Waals surface area contributed by atoms with Crippen LogP contribution in [0.3, 0.4) is 0 Å². The summed E-state index contributed by atoms with van der Waals surface area (Å²) < 4.78 is 0. The Morgan fingerprint density at radius 1 is 0.606 bits per heavy atom. The van der Waals surface area contributed by atoms with Crippen LogP contribution in [0.2, 0.25) is 0 Å². The average Bonchev–Trinajstić information content (AvgIpc) is 2.78. The second-order valence-corrected chi connectivity index (χ2v) is 7.90. The lowest BCUT2D eigenvalue weighted by Crippen LogP contribution is -2.19. The van der Waals surface area contributed by atoms with Crippen LogP contribution in [0, 0.1) is 0 Å². The van der Waals surface area contributed by atoms with E-state index < -0.39 is 51.5 Å². The molecule has 6 N–H and O–H groups in total. The second-order valence-electron chi connectivity index (χ2n) is 7.90. The van der Waals surface area contributed by atoms with Gasteiger partial charge < -0.3 is 30.6 Å². The number of phenolic OH excluding ortho intramolecular Hbond substituents is 6. The van der Waals surface area contributed by atoms with Crippen LogP contribution in [-0.4, -0.2) is 42.2 Å². The molecule has 4 rings (SSSR count). The first kappa shape index (κ1) is 23.2. The maximum atomic E-state index is 11.2. The van der Waals surface area contributed by atoms with Crippen LogP contribution < -0.4 is 0 Å². The van der Waals surface area contributed by atoms with Gasteiger partial charge >= 0.3 is 0 Å². The Labute approximate surface area is 188 Å². The minimum atomic E-state index is -1.01. The van der Waals surface area contributed by atoms with E-state index >= 15 is 0 Å². The van der Waals surface area contributed by atoms with Crippen molar-refractivity contribution in [2.75, 3.05) is 0 Å². The summed E-state index contributed by atoms with van der Waals surface area (Å²) in [5.41, 5.74) is 0.785. The van der Waals surface area contributed by atoms with Gasteiger partial charge in [-0.2, -0.15) is 0 Å². The molecule has 0 fully saturated rings. The quantitative estimate of drug-likeness (QED) is 0.255. The predicted molar refractivity (Wildman–Crippen MR) is 120 cm³/mol. The standard InChI is InChI=1S/C15H16O6.C10H6O2/c1-15(2,7-3-5-9(16)13(20)11(7)18)8-4-6-10(17)14(21)12(8)19;11-9-6-5-7-3-1-2-4-8(7)10(9)12/h3-6,16-21H,1-2H3;1-6H. The number of rotatable bonds is 2. The Morgan fingerprint density at radius 3 is 1.61 bits per heavy atom. The van der Waals surface area contributed by atoms with Crippen molar-refractivity contribution in [2.45, 2.75) is 19.3 Å². The Hall–Kier alpha value is -4.46. The van der Waals surface area contributed by atoms with Gasteiger partial charge in [0.2, 0.25) is 23.1 Å². The van der Waals surface area contributed by atoms with E-state index in [-0.39, 0.29) is 11.1 Å². The van der Waals surface area contributed by atoms with E-state index in [0.717, 1.165) is 5.56 Å². The molecule has 0 aliphatic heterocycles. The molecule has 0 saturated heterocycles. The Balaban J connectivity index is 0.000000215. The van der Waals surface area contributed by atoms with Crippen molar-refractivity contribution < 1.29 is 40.2 Å². The normalized spacial score (nSPS) is 12.7. The molecule has 1 aliphatic carbocycles. The van der Waals surface area contributed by atoms with Crippen molar-refractivity contribution in [2.24, 2.45) is 0 Å². The summed E-state index contributed by atoms with van der Waals surface area (Å²) in [5.74, 6) is -4.15. The van der Waals surface area contributed by atoms with Gasteiger partial charge in [-0.15, -0.1) is 0 Å². The number of hydrogen-bond donors (Lipinski definition) is 6. The van der Waals surface area contributed by atoms with Crippen molar-refractivity contribution in [1.29, 1.82) is 0 Å². The van der Waals surface area contributed by atoms with E-state index in [1.807, 2.05) is 12.1 Å². The van der Waals surface area contributed by atoms with Crippen molar-refractivity contribution in [3.8, 4) is 34.5 Å². The number of carbonyl (C=O) groups excluding carboxylic acids is 2. The van der Waals surface area contributed by atoms with Gasteiger partial charge in [0, 0.05) is 22.1 Å². The van der Waals surface area contributed by atoms with Crippen LogP contribution in [0.5, 0.6) is 34.5 Å². The molecule has 0 unspecified atom stereocenters. The molecule has 3 aromatic rings. The number of aromatic hydroxyl groups is 6. The van der Waals surface area contributed by atoms with Gasteiger partial charge in [0.05, 0.1) is 0 Å². The zero-order valence-corrected chi connectivity index (χ0v) is 17.8. The second kappa shape index (κ2) is 8.58. The molecule has 0 radical (unpaired) electrons. The lowest BCUT2D eigenvalue weighted by Gasteiger charge is -2.28. The minimum Gasteiger partial charge on any atom is -0.504 e. The Bertz CT molecular complexity index is 1230. The van der Waals surface area contributed by atoms with Gasteiger partial charge in [0.1, 0.15) is 0 Å². The van der Waals surface area contributed by atoms with Crippen LogP contribution in [0.15, 0.2) is 54.6 Å². The van der Waals surface area contributed by atoms with E-state index in [1.165, 1.54) is 30.3 Å². The summed E-state index contributed by atoms with van der Waals surface area (Å²) in [5, 5.41) is 57.9. The first-order valence-electron chi connectivity index (χ1n) is 9.81. The number of fused-ring (bicyclic) bond motifs is 1. The maximum Gasteiger partial charge on any atom is 0.233 e. The molecule has 0 bridgehead atoms. The van der Waals surface area contributed by atoms with Crippen LogP contribution in [0.25, 0.3) is 6.08 Å². The van der Waals surface area contributed by atoms with Crippen LogP contribution >= 0.6 is 0 Å². The van der Waals surface area contributed by atoms with Gasteiger partial charge in [-0.05, 0) is 23.8 Å². The zero-order chi connectivity index (χ0) is 24.5. The Morgan fingerprint density at radius 2 is 1.09 bits per heavy atom. The number of Topliss-reactive ketones (excluding diaryl/α,β-unsaturated/α-hetero) is 1. The van der Waals surface area contributed by atoms with Gasteiger partial charge in [0.25, 0.3) is 0 Å². The summed E-state index contributed by atoms with van der Waals surface area (Å²) in [6.45, 7) is 3.29. The molecular weight excluding hydrogens is 428 g/mol. The highest BCUT2D eigenvalue weighted by Gasteiger charge is 2.32. The SMILES string of the molecule is CC(C)(c1ccc(O)c(O)c1O)c1ccc(O)c(O)c1O.O=C1C=Cc2ccccc2C1=O. The van der Waals surface area contributed by atoms with Crippen LogP contribution in [-0.2, 0) is 10.2 Å². The van der Waals surface area contributed by atoms with Crippen molar-refractivity contribution in [3.05, 3.63) is 76.9 Å². The largest absolute Gasteiger partial charge is 0.504 e. The third kappa shape index (κ3) is 4.18. The van der Waals surface area contributed by atoms with E-state index in [1.54, 1.807) is 32.1 Å². The summed E-state index contributed by atoms with van der Waals surface area (Å²) in [4.78, 5) is 22.1. The third-order valence-electron chi connectivity index (χ3n) is 5.45. The highest BCUT2D eigenvalue weighted by molar-refractivity contribution is 6.49. The van der Waals surface area contributed by atoms with Crippen molar-refractivity contribution in [1.82, 2.24) is 0 Å². The van der Waals surface area contributed by atoms with Gasteiger partial charge in [-0.1, -0.05) is 56.3 Å². The molecule has 0 aromatic heterocycles. The van der Waals surface area contributed by atoms with Crippen LogP contribution in [0.1, 0.15) is 40.9 Å². The summed E-state index contributed by atoms with van der Waals surface area (Å²) in [6.07, 6.45) is 2.98. The van der Waals surface area contributed by atoms with E-state index in [2.05, 4.69) is 0 Å². The molecule has 8 heteroatoms. The summed E-state index contributed by atoms with van der Waals surface area (Å²) >= 11 is 0. The molecule has 0 spiro atoms. The number of carbonyl (C=O) groups is 2. The fraction of sp³-hybridized carbons (Fsp3) is 0.120. The fourth-order valence-corrected chi connectivity index (χ4v) is 3.51. The first-order valence-corrected chi connectivity index (χ1v) is 9.81. The van der Waals surface area contributed by atoms with Gasteiger partial charge in [-0.25, -0.2) is 0 Å². The molecule has 0 saturated carbocycles. The number of allylic oxidation sites excluding steroid dienone is 1. The molecule has 0 atom stereocenters.